The first kappa shape index (κ1) is 19.7. The SMILES string of the molecule is COC(=O)c1cc(O)cc(OC)c1C(=O)c1c([O-])c(Cl)c(C)c(Cl)c1[O-]. The van der Waals surface area contributed by atoms with E-state index in [1.165, 1.54) is 14.0 Å². The Bertz CT molecular complexity index is 893. The largest absolute Gasteiger partial charge is 0.871 e. The van der Waals surface area contributed by atoms with Crippen molar-refractivity contribution in [3.8, 4) is 23.0 Å². The number of rotatable bonds is 4. The van der Waals surface area contributed by atoms with Gasteiger partial charge in [0.2, 0.25) is 0 Å². The number of benzene rings is 2. The number of carbonyl (C=O) groups is 2. The molecule has 7 nitrogen and oxygen atoms in total. The lowest BCUT2D eigenvalue weighted by Crippen LogP contribution is -2.17. The van der Waals surface area contributed by atoms with E-state index in [1.54, 1.807) is 0 Å². The van der Waals surface area contributed by atoms with Gasteiger partial charge < -0.3 is 24.8 Å². The zero-order valence-electron chi connectivity index (χ0n) is 13.8. The topological polar surface area (TPSA) is 119 Å². The van der Waals surface area contributed by atoms with Crippen molar-refractivity contribution in [2.75, 3.05) is 14.2 Å². The number of hydrogen-bond acceptors (Lipinski definition) is 7. The molecule has 26 heavy (non-hydrogen) atoms. The molecule has 0 aromatic heterocycles. The van der Waals surface area contributed by atoms with Gasteiger partial charge in [-0.2, -0.15) is 0 Å². The smallest absolute Gasteiger partial charge is 0.338 e. The number of phenolic OH excluding ortho intramolecular Hbond substituents is 1. The fourth-order valence-corrected chi connectivity index (χ4v) is 2.78. The Kier molecular flexibility index (Phi) is 5.53. The molecule has 0 aliphatic heterocycles. The van der Waals surface area contributed by atoms with E-state index in [0.29, 0.717) is 0 Å². The molecule has 0 atom stereocenters. The van der Waals surface area contributed by atoms with Gasteiger partial charge in [-0.1, -0.05) is 34.7 Å². The molecular formula is C17H12Cl2O7-2. The highest BCUT2D eigenvalue weighted by Gasteiger charge is 2.27. The standard InChI is InChI=1S/C17H14Cl2O7/c1-6-12(18)15(22)11(16(23)13(6)19)14(21)10-8(17(24)26-3)4-7(20)5-9(10)25-2/h4-5,20,22-23H,1-3H3/p-2. The quantitative estimate of drug-likeness (QED) is 0.618. The van der Waals surface area contributed by atoms with Crippen molar-refractivity contribution in [3.05, 3.63) is 44.4 Å². The third-order valence-electron chi connectivity index (χ3n) is 3.68. The van der Waals surface area contributed by atoms with Crippen LogP contribution in [0, 0.1) is 6.92 Å². The van der Waals surface area contributed by atoms with Crippen LogP contribution in [-0.2, 0) is 4.74 Å². The van der Waals surface area contributed by atoms with Gasteiger partial charge in [0.05, 0.1) is 25.3 Å². The maximum atomic E-state index is 12.9. The fourth-order valence-electron chi connectivity index (χ4n) is 2.36. The molecular weight excluding hydrogens is 387 g/mol. The van der Waals surface area contributed by atoms with Crippen LogP contribution < -0.4 is 14.9 Å². The highest BCUT2D eigenvalue weighted by atomic mass is 35.5. The van der Waals surface area contributed by atoms with E-state index in [0.717, 1.165) is 19.2 Å². The number of esters is 1. The molecule has 0 spiro atoms. The number of hydrogen-bond donors (Lipinski definition) is 1. The monoisotopic (exact) mass is 398 g/mol. The summed E-state index contributed by atoms with van der Waals surface area (Å²) in [4.78, 5) is 24.9. The van der Waals surface area contributed by atoms with Crippen LogP contribution in [0.5, 0.6) is 23.0 Å². The first-order valence-corrected chi connectivity index (χ1v) is 7.80. The van der Waals surface area contributed by atoms with Gasteiger partial charge in [0, 0.05) is 21.7 Å². The third kappa shape index (κ3) is 3.11. The summed E-state index contributed by atoms with van der Waals surface area (Å²) in [5, 5.41) is 33.7. The molecule has 0 aliphatic rings. The Morgan fingerprint density at radius 2 is 1.58 bits per heavy atom. The highest BCUT2D eigenvalue weighted by Crippen LogP contribution is 2.43. The summed E-state index contributed by atoms with van der Waals surface area (Å²) in [5.74, 6) is -4.76. The molecule has 138 valence electrons. The van der Waals surface area contributed by atoms with E-state index in [9.17, 15) is 24.9 Å². The Labute approximate surface area is 158 Å². The zero-order valence-corrected chi connectivity index (χ0v) is 15.3. The Balaban J connectivity index is 2.86. The molecule has 0 unspecified atom stereocenters. The Morgan fingerprint density at radius 1 is 1.04 bits per heavy atom. The van der Waals surface area contributed by atoms with Gasteiger partial charge in [0.1, 0.15) is 11.5 Å². The van der Waals surface area contributed by atoms with Crippen LogP contribution in [0.25, 0.3) is 0 Å². The molecule has 0 aliphatic carbocycles. The van der Waals surface area contributed by atoms with E-state index < -0.39 is 34.4 Å². The highest BCUT2D eigenvalue weighted by molar-refractivity contribution is 6.39. The van der Waals surface area contributed by atoms with Gasteiger partial charge in [0.25, 0.3) is 0 Å². The molecule has 1 N–H and O–H groups in total. The number of ether oxygens (including phenoxy) is 2. The summed E-state index contributed by atoms with van der Waals surface area (Å²) in [6.45, 7) is 1.36. The van der Waals surface area contributed by atoms with Crippen LogP contribution in [-0.4, -0.2) is 31.1 Å². The van der Waals surface area contributed by atoms with Crippen molar-refractivity contribution in [2.24, 2.45) is 0 Å². The summed E-state index contributed by atoms with van der Waals surface area (Å²) in [5.41, 5.74) is -1.60. The summed E-state index contributed by atoms with van der Waals surface area (Å²) < 4.78 is 9.59. The number of halogens is 2. The van der Waals surface area contributed by atoms with Crippen molar-refractivity contribution >= 4 is 35.0 Å². The molecule has 2 rings (SSSR count). The van der Waals surface area contributed by atoms with E-state index >= 15 is 0 Å². The number of phenols is 1. The van der Waals surface area contributed by atoms with E-state index in [4.69, 9.17) is 27.9 Å². The van der Waals surface area contributed by atoms with Crippen molar-refractivity contribution in [2.45, 2.75) is 6.92 Å². The average molecular weight is 399 g/mol. The molecule has 0 heterocycles. The molecule has 0 amide bonds. The number of methoxy groups -OCH3 is 2. The second-order valence-corrected chi connectivity index (χ2v) is 5.93. The Hall–Kier alpha value is -2.64. The first-order valence-electron chi connectivity index (χ1n) is 7.05. The summed E-state index contributed by atoms with van der Waals surface area (Å²) in [6, 6.07) is 2.00. The lowest BCUT2D eigenvalue weighted by molar-refractivity contribution is -0.280. The lowest BCUT2D eigenvalue weighted by Gasteiger charge is -2.26. The summed E-state index contributed by atoms with van der Waals surface area (Å²) >= 11 is 11.7. The van der Waals surface area contributed by atoms with Crippen molar-refractivity contribution < 1.29 is 34.4 Å². The van der Waals surface area contributed by atoms with Crippen molar-refractivity contribution in [1.29, 1.82) is 0 Å². The fraction of sp³-hybridized carbons (Fsp3) is 0.176. The number of carbonyl (C=O) groups excluding carboxylic acids is 2. The maximum Gasteiger partial charge on any atom is 0.338 e. The molecule has 2 aromatic carbocycles. The molecule has 9 heteroatoms. The molecule has 0 fully saturated rings. The summed E-state index contributed by atoms with van der Waals surface area (Å²) in [7, 11) is 2.24. The van der Waals surface area contributed by atoms with Crippen molar-refractivity contribution in [3.63, 3.8) is 0 Å². The molecule has 0 saturated heterocycles. The van der Waals surface area contributed by atoms with E-state index in [1.807, 2.05) is 0 Å². The zero-order chi connectivity index (χ0) is 19.8. The van der Waals surface area contributed by atoms with E-state index in [-0.39, 0.29) is 32.7 Å². The predicted molar refractivity (Wildman–Crippen MR) is 89.5 cm³/mol. The first-order chi connectivity index (χ1) is 12.1. The third-order valence-corrected chi connectivity index (χ3v) is 4.59. The Morgan fingerprint density at radius 3 is 2.04 bits per heavy atom. The van der Waals surface area contributed by atoms with Gasteiger partial charge >= 0.3 is 5.97 Å². The van der Waals surface area contributed by atoms with Crippen LogP contribution in [0.2, 0.25) is 10.0 Å². The van der Waals surface area contributed by atoms with Crippen LogP contribution in [0.3, 0.4) is 0 Å². The minimum atomic E-state index is -1.12. The number of aromatic hydroxyl groups is 1. The lowest BCUT2D eigenvalue weighted by atomic mass is 9.94. The molecule has 2 aromatic rings. The second kappa shape index (κ2) is 7.31. The van der Waals surface area contributed by atoms with Gasteiger partial charge in [0.15, 0.2) is 5.78 Å². The molecule has 0 saturated carbocycles. The summed E-state index contributed by atoms with van der Waals surface area (Å²) in [6.07, 6.45) is 0. The van der Waals surface area contributed by atoms with Gasteiger partial charge in [-0.15, -0.1) is 0 Å². The molecule has 0 bridgehead atoms. The van der Waals surface area contributed by atoms with Crippen LogP contribution >= 0.6 is 23.2 Å². The number of ketones is 1. The predicted octanol–water partition coefficient (Wildman–Crippen LogP) is 2.18. The van der Waals surface area contributed by atoms with Crippen LogP contribution in [0.1, 0.15) is 31.8 Å². The van der Waals surface area contributed by atoms with Crippen molar-refractivity contribution in [1.82, 2.24) is 0 Å². The molecule has 0 radical (unpaired) electrons. The van der Waals surface area contributed by atoms with E-state index in [2.05, 4.69) is 4.74 Å². The average Bonchev–Trinajstić information content (AvgIpc) is 2.63. The van der Waals surface area contributed by atoms with Gasteiger partial charge in [-0.05, 0) is 18.6 Å². The minimum absolute atomic E-state index is 0.0470. The van der Waals surface area contributed by atoms with Crippen LogP contribution in [0.4, 0.5) is 0 Å². The van der Waals surface area contributed by atoms with Crippen LogP contribution in [0.15, 0.2) is 12.1 Å². The minimum Gasteiger partial charge on any atom is -0.871 e. The normalized spacial score (nSPS) is 10.5. The van der Waals surface area contributed by atoms with Gasteiger partial charge in [-0.3, -0.25) is 4.79 Å². The van der Waals surface area contributed by atoms with Gasteiger partial charge in [-0.25, -0.2) is 4.79 Å². The second-order valence-electron chi connectivity index (χ2n) is 5.18. The maximum absolute atomic E-state index is 12.9.